The summed E-state index contributed by atoms with van der Waals surface area (Å²) in [5.41, 5.74) is 8.03. The Hall–Kier alpha value is -1.40. The monoisotopic (exact) mass is 360 g/mol. The van der Waals surface area contributed by atoms with Crippen LogP contribution in [0.3, 0.4) is 0 Å². The summed E-state index contributed by atoms with van der Waals surface area (Å²) in [4.78, 5) is 14.5. The van der Waals surface area contributed by atoms with Crippen LogP contribution in [0.4, 0.5) is 0 Å². The molecule has 3 atom stereocenters. The molecule has 3 aliphatic heterocycles. The number of rotatable bonds is 3. The predicted octanol–water partition coefficient (Wildman–Crippen LogP) is 2.01. The van der Waals surface area contributed by atoms with Crippen molar-refractivity contribution in [3.63, 3.8) is 0 Å². The molecular formula is C19H25ClN4O. The quantitative estimate of drug-likeness (QED) is 0.722. The Morgan fingerprint density at radius 1 is 1.16 bits per heavy atom. The van der Waals surface area contributed by atoms with Crippen LogP contribution in [0.2, 0.25) is 5.02 Å². The summed E-state index contributed by atoms with van der Waals surface area (Å²) in [6, 6.07) is 8.61. The second-order valence-corrected chi connectivity index (χ2v) is 7.59. The number of halogens is 1. The van der Waals surface area contributed by atoms with Crippen LogP contribution >= 0.6 is 11.6 Å². The molecule has 2 fully saturated rings. The smallest absolute Gasteiger partial charge is 0.243 e. The Morgan fingerprint density at radius 3 is 2.68 bits per heavy atom. The van der Waals surface area contributed by atoms with E-state index in [0.717, 1.165) is 49.5 Å². The van der Waals surface area contributed by atoms with E-state index in [-0.39, 0.29) is 18.0 Å². The summed E-state index contributed by atoms with van der Waals surface area (Å²) in [5, 5.41) is 4.03. The Morgan fingerprint density at radius 2 is 1.96 bits per heavy atom. The van der Waals surface area contributed by atoms with Gasteiger partial charge in [0.1, 0.15) is 6.04 Å². The molecule has 1 amide bonds. The van der Waals surface area contributed by atoms with E-state index in [1.807, 2.05) is 35.3 Å². The van der Waals surface area contributed by atoms with Gasteiger partial charge in [-0.1, -0.05) is 42.0 Å². The average Bonchev–Trinajstić information content (AvgIpc) is 3.34. The number of likely N-dealkylation sites (tertiary alicyclic amines) is 1. The number of nitrogens with one attached hydrogen (secondary N) is 3. The lowest BCUT2D eigenvalue weighted by Crippen LogP contribution is -2.49. The molecule has 1 aromatic rings. The molecule has 3 unspecified atom stereocenters. The van der Waals surface area contributed by atoms with E-state index < -0.39 is 0 Å². The number of amides is 1. The first-order valence-electron chi connectivity index (χ1n) is 9.16. The molecule has 5 nitrogen and oxygen atoms in total. The summed E-state index contributed by atoms with van der Waals surface area (Å²) in [6.07, 6.45) is 7.14. The van der Waals surface area contributed by atoms with Crippen molar-refractivity contribution in [1.82, 2.24) is 21.1 Å². The molecule has 0 saturated carbocycles. The van der Waals surface area contributed by atoms with E-state index in [2.05, 4.69) is 22.2 Å². The molecule has 0 aliphatic carbocycles. The van der Waals surface area contributed by atoms with E-state index in [9.17, 15) is 4.79 Å². The maximum atomic E-state index is 12.5. The van der Waals surface area contributed by atoms with E-state index in [0.29, 0.717) is 12.0 Å². The van der Waals surface area contributed by atoms with Crippen LogP contribution in [-0.2, 0) is 4.79 Å². The fraction of sp³-hybridized carbons (Fsp3) is 0.526. The van der Waals surface area contributed by atoms with Crippen LogP contribution in [0.15, 0.2) is 36.4 Å². The van der Waals surface area contributed by atoms with Gasteiger partial charge >= 0.3 is 0 Å². The lowest BCUT2D eigenvalue weighted by Gasteiger charge is -2.35. The Kier molecular flexibility index (Phi) is 5.08. The SMILES string of the molecule is O=C(C1C=CCN1)N1CCC(C2CC(c3ccccc3Cl)NN2)CC1. The highest BCUT2D eigenvalue weighted by Gasteiger charge is 2.35. The number of nitrogens with zero attached hydrogens (tertiary/aromatic N) is 1. The fourth-order valence-corrected chi connectivity index (χ4v) is 4.48. The molecule has 3 heterocycles. The highest BCUT2D eigenvalue weighted by Crippen LogP contribution is 2.33. The summed E-state index contributed by atoms with van der Waals surface area (Å²) >= 11 is 6.33. The van der Waals surface area contributed by atoms with Crippen molar-refractivity contribution in [1.29, 1.82) is 0 Å². The molecular weight excluding hydrogens is 336 g/mol. The van der Waals surface area contributed by atoms with Crippen LogP contribution in [0, 0.1) is 5.92 Å². The molecule has 2 saturated heterocycles. The third-order valence-electron chi connectivity index (χ3n) is 5.68. The van der Waals surface area contributed by atoms with E-state index in [1.54, 1.807) is 0 Å². The van der Waals surface area contributed by atoms with Crippen molar-refractivity contribution in [3.8, 4) is 0 Å². The summed E-state index contributed by atoms with van der Waals surface area (Å²) in [7, 11) is 0. The van der Waals surface area contributed by atoms with Crippen molar-refractivity contribution < 1.29 is 4.79 Å². The van der Waals surface area contributed by atoms with Crippen LogP contribution in [-0.4, -0.2) is 42.5 Å². The largest absolute Gasteiger partial charge is 0.341 e. The van der Waals surface area contributed by atoms with Crippen molar-refractivity contribution in [3.05, 3.63) is 47.0 Å². The van der Waals surface area contributed by atoms with Gasteiger partial charge in [-0.2, -0.15) is 0 Å². The zero-order chi connectivity index (χ0) is 17.2. The third kappa shape index (κ3) is 3.60. The number of hydrazine groups is 1. The number of carbonyl (C=O) groups excluding carboxylic acids is 1. The molecule has 0 radical (unpaired) electrons. The maximum absolute atomic E-state index is 12.5. The minimum atomic E-state index is -0.118. The minimum Gasteiger partial charge on any atom is -0.341 e. The van der Waals surface area contributed by atoms with Crippen LogP contribution in [0.25, 0.3) is 0 Å². The number of benzene rings is 1. The topological polar surface area (TPSA) is 56.4 Å². The third-order valence-corrected chi connectivity index (χ3v) is 6.03. The molecule has 25 heavy (non-hydrogen) atoms. The van der Waals surface area contributed by atoms with Crippen molar-refractivity contribution in [2.45, 2.75) is 37.4 Å². The molecule has 1 aromatic carbocycles. The van der Waals surface area contributed by atoms with Crippen molar-refractivity contribution >= 4 is 17.5 Å². The highest BCUT2D eigenvalue weighted by atomic mass is 35.5. The van der Waals surface area contributed by atoms with Crippen molar-refractivity contribution in [2.24, 2.45) is 5.92 Å². The van der Waals surface area contributed by atoms with Gasteiger partial charge < -0.3 is 4.90 Å². The molecule has 0 bridgehead atoms. The summed E-state index contributed by atoms with van der Waals surface area (Å²) in [5.74, 6) is 0.815. The fourth-order valence-electron chi connectivity index (χ4n) is 4.21. The zero-order valence-electron chi connectivity index (χ0n) is 14.2. The summed E-state index contributed by atoms with van der Waals surface area (Å²) in [6.45, 7) is 2.50. The van der Waals surface area contributed by atoms with E-state index >= 15 is 0 Å². The molecule has 4 rings (SSSR count). The summed E-state index contributed by atoms with van der Waals surface area (Å²) < 4.78 is 0. The first-order chi connectivity index (χ1) is 12.2. The average molecular weight is 361 g/mol. The van der Waals surface area contributed by atoms with Gasteiger partial charge in [0.05, 0.1) is 0 Å². The Balaban J connectivity index is 1.31. The normalized spacial score (nSPS) is 30.1. The first kappa shape index (κ1) is 17.0. The minimum absolute atomic E-state index is 0.118. The molecule has 6 heteroatoms. The number of piperidine rings is 1. The van der Waals surface area contributed by atoms with Gasteiger partial charge in [0.15, 0.2) is 0 Å². The standard InChI is InChI=1S/C19H25ClN4O/c20-15-5-2-1-4-14(15)18-12-17(22-23-18)13-7-10-24(11-8-13)19(25)16-6-3-9-21-16/h1-6,13,16-18,21-23H,7-12H2. The Bertz CT molecular complexity index is 657. The van der Waals surface area contributed by atoms with Crippen LogP contribution < -0.4 is 16.2 Å². The number of hydrogen-bond donors (Lipinski definition) is 3. The zero-order valence-corrected chi connectivity index (χ0v) is 15.0. The second kappa shape index (κ2) is 7.46. The number of hydrogen-bond acceptors (Lipinski definition) is 4. The van der Waals surface area contributed by atoms with E-state index in [4.69, 9.17) is 11.6 Å². The molecule has 3 aliphatic rings. The number of carbonyl (C=O) groups is 1. The van der Waals surface area contributed by atoms with Crippen LogP contribution in [0.1, 0.15) is 30.9 Å². The van der Waals surface area contributed by atoms with Gasteiger partial charge in [-0.3, -0.25) is 15.5 Å². The van der Waals surface area contributed by atoms with Crippen molar-refractivity contribution in [2.75, 3.05) is 19.6 Å². The maximum Gasteiger partial charge on any atom is 0.243 e. The van der Waals surface area contributed by atoms with Gasteiger partial charge in [0.25, 0.3) is 0 Å². The molecule has 134 valence electrons. The highest BCUT2D eigenvalue weighted by molar-refractivity contribution is 6.31. The lowest BCUT2D eigenvalue weighted by molar-refractivity contribution is -0.133. The van der Waals surface area contributed by atoms with Gasteiger partial charge in [-0.05, 0) is 36.8 Å². The van der Waals surface area contributed by atoms with Gasteiger partial charge in [-0.25, -0.2) is 5.43 Å². The van der Waals surface area contributed by atoms with Gasteiger partial charge in [-0.15, -0.1) is 0 Å². The second-order valence-electron chi connectivity index (χ2n) is 7.18. The molecule has 0 aromatic heterocycles. The van der Waals surface area contributed by atoms with Crippen LogP contribution in [0.5, 0.6) is 0 Å². The van der Waals surface area contributed by atoms with E-state index in [1.165, 1.54) is 0 Å². The molecule has 3 N–H and O–H groups in total. The first-order valence-corrected chi connectivity index (χ1v) is 9.54. The van der Waals surface area contributed by atoms with Gasteiger partial charge in [0, 0.05) is 36.7 Å². The Labute approximate surface area is 153 Å². The predicted molar refractivity (Wildman–Crippen MR) is 99.1 cm³/mol. The van der Waals surface area contributed by atoms with Gasteiger partial charge in [0.2, 0.25) is 5.91 Å². The lowest BCUT2D eigenvalue weighted by atomic mass is 9.86. The molecule has 0 spiro atoms.